The second kappa shape index (κ2) is 6.48. The minimum atomic E-state index is -0.448. The van der Waals surface area contributed by atoms with Crippen molar-refractivity contribution in [2.24, 2.45) is 5.41 Å². The summed E-state index contributed by atoms with van der Waals surface area (Å²) in [4.78, 5) is 41.7. The van der Waals surface area contributed by atoms with Crippen LogP contribution in [0.2, 0.25) is 0 Å². The van der Waals surface area contributed by atoms with E-state index in [2.05, 4.69) is 15.0 Å². The Morgan fingerprint density at radius 3 is 2.77 bits per heavy atom. The van der Waals surface area contributed by atoms with Crippen molar-refractivity contribution in [2.45, 2.75) is 26.3 Å². The van der Waals surface area contributed by atoms with Crippen molar-refractivity contribution >= 4 is 11.8 Å². The third-order valence-corrected chi connectivity index (χ3v) is 5.34. The molecule has 2 aromatic rings. The molecule has 0 aromatic carbocycles. The van der Waals surface area contributed by atoms with Crippen LogP contribution in [-0.2, 0) is 11.3 Å². The van der Waals surface area contributed by atoms with Crippen LogP contribution in [0.1, 0.15) is 34.6 Å². The number of nitrogens with zero attached hydrogens (tertiary/aromatic N) is 5. The molecule has 1 unspecified atom stereocenters. The zero-order valence-electron chi connectivity index (χ0n) is 14.8. The van der Waals surface area contributed by atoms with Crippen LogP contribution < -0.4 is 0 Å². The van der Waals surface area contributed by atoms with Crippen LogP contribution in [0.4, 0.5) is 0 Å². The average Bonchev–Trinajstić information content (AvgIpc) is 3.23. The largest absolute Gasteiger partial charge is 0.338 e. The molecule has 7 heteroatoms. The Hall–Kier alpha value is -2.83. The number of hydrogen-bond donors (Lipinski definition) is 0. The first kappa shape index (κ1) is 16.6. The Labute approximate surface area is 152 Å². The molecule has 0 radical (unpaired) electrons. The van der Waals surface area contributed by atoms with Crippen LogP contribution in [0.25, 0.3) is 0 Å². The highest BCUT2D eigenvalue weighted by Gasteiger charge is 2.51. The summed E-state index contributed by atoms with van der Waals surface area (Å²) in [5.41, 5.74) is 1.69. The van der Waals surface area contributed by atoms with E-state index < -0.39 is 5.41 Å². The van der Waals surface area contributed by atoms with E-state index >= 15 is 0 Å². The second-order valence-electron chi connectivity index (χ2n) is 7.14. The summed E-state index contributed by atoms with van der Waals surface area (Å²) in [6.07, 6.45) is 8.11. The highest BCUT2D eigenvalue weighted by Crippen LogP contribution is 2.41. The van der Waals surface area contributed by atoms with Gasteiger partial charge in [-0.05, 0) is 31.4 Å². The molecule has 4 heterocycles. The van der Waals surface area contributed by atoms with Gasteiger partial charge in [0.2, 0.25) is 5.91 Å². The fourth-order valence-corrected chi connectivity index (χ4v) is 3.85. The van der Waals surface area contributed by atoms with Crippen molar-refractivity contribution in [3.63, 3.8) is 0 Å². The van der Waals surface area contributed by atoms with Crippen molar-refractivity contribution in [2.75, 3.05) is 19.6 Å². The van der Waals surface area contributed by atoms with E-state index in [0.29, 0.717) is 31.7 Å². The Bertz CT molecular complexity index is 824. The molecule has 2 aliphatic rings. The molecular weight excluding hydrogens is 330 g/mol. The van der Waals surface area contributed by atoms with Crippen molar-refractivity contribution in [1.82, 2.24) is 24.8 Å². The van der Waals surface area contributed by atoms with Crippen LogP contribution >= 0.6 is 0 Å². The van der Waals surface area contributed by atoms with Gasteiger partial charge in [-0.15, -0.1) is 0 Å². The maximum Gasteiger partial charge on any atom is 0.274 e. The maximum absolute atomic E-state index is 13.0. The predicted molar refractivity (Wildman–Crippen MR) is 94.0 cm³/mol. The van der Waals surface area contributed by atoms with Gasteiger partial charge in [0.25, 0.3) is 5.91 Å². The summed E-state index contributed by atoms with van der Waals surface area (Å²) in [6.45, 7) is 4.18. The zero-order chi connectivity index (χ0) is 18.1. The molecule has 0 bridgehead atoms. The molecule has 134 valence electrons. The van der Waals surface area contributed by atoms with Crippen LogP contribution in [0.3, 0.4) is 0 Å². The molecule has 2 fully saturated rings. The Balaban J connectivity index is 1.45. The van der Waals surface area contributed by atoms with Crippen LogP contribution in [0.5, 0.6) is 0 Å². The van der Waals surface area contributed by atoms with Gasteiger partial charge < -0.3 is 9.80 Å². The monoisotopic (exact) mass is 351 g/mol. The third kappa shape index (κ3) is 2.94. The van der Waals surface area contributed by atoms with E-state index in [1.54, 1.807) is 23.5 Å². The topological polar surface area (TPSA) is 79.3 Å². The lowest BCUT2D eigenvalue weighted by atomic mass is 9.85. The number of amides is 2. The third-order valence-electron chi connectivity index (χ3n) is 5.34. The van der Waals surface area contributed by atoms with Gasteiger partial charge in [0, 0.05) is 44.8 Å². The normalized spacial score (nSPS) is 22.4. The van der Waals surface area contributed by atoms with Gasteiger partial charge in [-0.3, -0.25) is 19.6 Å². The summed E-state index contributed by atoms with van der Waals surface area (Å²) in [7, 11) is 0. The quantitative estimate of drug-likeness (QED) is 0.836. The fourth-order valence-electron chi connectivity index (χ4n) is 3.85. The number of aromatic nitrogens is 3. The first-order valence-electron chi connectivity index (χ1n) is 8.84. The van der Waals surface area contributed by atoms with Crippen molar-refractivity contribution in [3.8, 4) is 0 Å². The van der Waals surface area contributed by atoms with Crippen molar-refractivity contribution in [3.05, 3.63) is 53.9 Å². The van der Waals surface area contributed by atoms with E-state index in [-0.39, 0.29) is 11.8 Å². The standard InChI is InChI=1S/C19H21N5O2/c1-14-9-22-16(11-21-14)17(25)24-8-5-19(13-24)4-7-23(18(19)26)12-15-3-2-6-20-10-15/h2-3,6,9-11H,4-5,7-8,12-13H2,1H3. The van der Waals surface area contributed by atoms with Crippen LogP contribution in [-0.4, -0.2) is 56.2 Å². The molecule has 0 N–H and O–H groups in total. The van der Waals surface area contributed by atoms with E-state index in [9.17, 15) is 9.59 Å². The summed E-state index contributed by atoms with van der Waals surface area (Å²) >= 11 is 0. The minimum Gasteiger partial charge on any atom is -0.338 e. The molecule has 2 aliphatic heterocycles. The first-order chi connectivity index (χ1) is 12.6. The molecule has 0 aliphatic carbocycles. The molecule has 26 heavy (non-hydrogen) atoms. The van der Waals surface area contributed by atoms with E-state index in [1.165, 1.54) is 6.20 Å². The van der Waals surface area contributed by atoms with E-state index in [0.717, 1.165) is 24.2 Å². The molecule has 7 nitrogen and oxygen atoms in total. The van der Waals surface area contributed by atoms with Gasteiger partial charge in [-0.2, -0.15) is 0 Å². The highest BCUT2D eigenvalue weighted by atomic mass is 16.2. The Morgan fingerprint density at radius 1 is 1.19 bits per heavy atom. The van der Waals surface area contributed by atoms with Crippen molar-refractivity contribution in [1.29, 1.82) is 0 Å². The number of carbonyl (C=O) groups is 2. The summed E-state index contributed by atoms with van der Waals surface area (Å²) in [5.74, 6) is -0.000437. The van der Waals surface area contributed by atoms with Gasteiger partial charge in [0.05, 0.1) is 17.3 Å². The highest BCUT2D eigenvalue weighted by molar-refractivity contribution is 5.94. The van der Waals surface area contributed by atoms with Crippen LogP contribution in [0, 0.1) is 12.3 Å². The van der Waals surface area contributed by atoms with Gasteiger partial charge >= 0.3 is 0 Å². The summed E-state index contributed by atoms with van der Waals surface area (Å²) < 4.78 is 0. The summed E-state index contributed by atoms with van der Waals surface area (Å²) in [6, 6.07) is 3.86. The lowest BCUT2D eigenvalue weighted by Crippen LogP contribution is -2.38. The van der Waals surface area contributed by atoms with E-state index in [4.69, 9.17) is 0 Å². The van der Waals surface area contributed by atoms with Gasteiger partial charge in [-0.25, -0.2) is 4.98 Å². The SMILES string of the molecule is Cc1cnc(C(=O)N2CCC3(CCN(Cc4cccnc4)C3=O)C2)cn1. The zero-order valence-corrected chi connectivity index (χ0v) is 14.8. The number of pyridine rings is 1. The molecule has 2 amide bonds. The fraction of sp³-hybridized carbons (Fsp3) is 0.421. The van der Waals surface area contributed by atoms with E-state index in [1.807, 2.05) is 24.0 Å². The van der Waals surface area contributed by atoms with Crippen LogP contribution in [0.15, 0.2) is 36.9 Å². The maximum atomic E-state index is 13.0. The van der Waals surface area contributed by atoms with Gasteiger partial charge in [0.15, 0.2) is 0 Å². The number of rotatable bonds is 3. The Morgan fingerprint density at radius 2 is 2.04 bits per heavy atom. The molecule has 0 saturated carbocycles. The first-order valence-corrected chi connectivity index (χ1v) is 8.84. The second-order valence-corrected chi connectivity index (χ2v) is 7.14. The number of aryl methyl sites for hydroxylation is 1. The number of hydrogen-bond acceptors (Lipinski definition) is 5. The molecular formula is C19H21N5O2. The number of likely N-dealkylation sites (tertiary alicyclic amines) is 2. The average molecular weight is 351 g/mol. The molecule has 4 rings (SSSR count). The smallest absolute Gasteiger partial charge is 0.274 e. The lowest BCUT2D eigenvalue weighted by molar-refractivity contribution is -0.135. The molecule has 2 saturated heterocycles. The van der Waals surface area contributed by atoms with Crippen molar-refractivity contribution < 1.29 is 9.59 Å². The summed E-state index contributed by atoms with van der Waals surface area (Å²) in [5, 5.41) is 0. The lowest BCUT2D eigenvalue weighted by Gasteiger charge is -2.23. The molecule has 2 aromatic heterocycles. The predicted octanol–water partition coefficient (Wildman–Crippen LogP) is 1.44. The number of carbonyl (C=O) groups excluding carboxylic acids is 2. The molecule has 1 atom stereocenters. The minimum absolute atomic E-state index is 0.145. The Kier molecular flexibility index (Phi) is 4.14. The molecule has 1 spiro atoms. The van der Waals surface area contributed by atoms with Gasteiger partial charge in [0.1, 0.15) is 5.69 Å². The van der Waals surface area contributed by atoms with Gasteiger partial charge in [-0.1, -0.05) is 6.07 Å².